The number of halogens is 1. The third-order valence-corrected chi connectivity index (χ3v) is 2.59. The van der Waals surface area contributed by atoms with Crippen LogP contribution in [0.1, 0.15) is 0 Å². The first-order valence-corrected chi connectivity index (χ1v) is 5.53. The minimum Gasteiger partial charge on any atom is -0.398 e. The van der Waals surface area contributed by atoms with Gasteiger partial charge in [0.1, 0.15) is 5.82 Å². The van der Waals surface area contributed by atoms with E-state index in [9.17, 15) is 4.39 Å². The molecule has 5 nitrogen and oxygen atoms in total. The summed E-state index contributed by atoms with van der Waals surface area (Å²) < 4.78 is 18.3. The Kier molecular flexibility index (Phi) is 2.68. The van der Waals surface area contributed by atoms with Gasteiger partial charge in [-0.25, -0.2) is 4.39 Å². The monoisotopic (exact) mass is 256 g/mol. The summed E-state index contributed by atoms with van der Waals surface area (Å²) in [4.78, 5) is 8.16. The van der Waals surface area contributed by atoms with Crippen LogP contribution in [-0.4, -0.2) is 15.1 Å². The Morgan fingerprint density at radius 1 is 1.21 bits per heavy atom. The largest absolute Gasteiger partial charge is 0.398 e. The summed E-state index contributed by atoms with van der Waals surface area (Å²) in [5.41, 5.74) is 7.23. The predicted octanol–water partition coefficient (Wildman–Crippen LogP) is 2.52. The van der Waals surface area contributed by atoms with Crippen molar-refractivity contribution in [1.29, 1.82) is 0 Å². The Morgan fingerprint density at radius 2 is 2.11 bits per heavy atom. The van der Waals surface area contributed by atoms with Crippen molar-refractivity contribution in [3.8, 4) is 22.8 Å². The molecule has 0 radical (unpaired) electrons. The highest BCUT2D eigenvalue weighted by atomic mass is 19.1. The number of nitrogen functional groups attached to an aromatic ring is 1. The summed E-state index contributed by atoms with van der Waals surface area (Å²) in [6, 6.07) is 7.56. The van der Waals surface area contributed by atoms with E-state index in [4.69, 9.17) is 10.3 Å². The minimum atomic E-state index is -0.412. The van der Waals surface area contributed by atoms with E-state index >= 15 is 0 Å². The molecule has 0 unspecified atom stereocenters. The molecule has 3 aromatic rings. The highest BCUT2D eigenvalue weighted by Gasteiger charge is 2.13. The third kappa shape index (κ3) is 2.15. The Balaban J connectivity index is 2.04. The standard InChI is InChI=1S/C13H9FN4O/c14-9-3-4-11(15)10(6-9)13-17-12(18-19-13)8-2-1-5-16-7-8/h1-7H,15H2. The molecule has 0 aliphatic rings. The van der Waals surface area contributed by atoms with E-state index < -0.39 is 5.82 Å². The number of nitrogens with zero attached hydrogens (tertiary/aromatic N) is 3. The van der Waals surface area contributed by atoms with Crippen LogP contribution in [0.3, 0.4) is 0 Å². The van der Waals surface area contributed by atoms with Crippen LogP contribution in [0.5, 0.6) is 0 Å². The predicted molar refractivity (Wildman–Crippen MR) is 67.3 cm³/mol. The zero-order chi connectivity index (χ0) is 13.2. The van der Waals surface area contributed by atoms with Gasteiger partial charge in [0.05, 0.1) is 5.56 Å². The molecule has 6 heteroatoms. The van der Waals surface area contributed by atoms with Gasteiger partial charge in [0.25, 0.3) is 5.89 Å². The Labute approximate surface area is 107 Å². The summed E-state index contributed by atoms with van der Waals surface area (Å²) >= 11 is 0. The van der Waals surface area contributed by atoms with Crippen LogP contribution < -0.4 is 5.73 Å². The topological polar surface area (TPSA) is 77.8 Å². The molecule has 19 heavy (non-hydrogen) atoms. The average Bonchev–Trinajstić information content (AvgIpc) is 2.92. The molecule has 0 saturated heterocycles. The van der Waals surface area contributed by atoms with Crippen molar-refractivity contribution < 1.29 is 8.91 Å². The van der Waals surface area contributed by atoms with E-state index in [2.05, 4.69) is 15.1 Å². The van der Waals surface area contributed by atoms with Crippen molar-refractivity contribution in [1.82, 2.24) is 15.1 Å². The van der Waals surface area contributed by atoms with Gasteiger partial charge in [-0.3, -0.25) is 4.98 Å². The summed E-state index contributed by atoms with van der Waals surface area (Å²) in [5, 5.41) is 3.83. The van der Waals surface area contributed by atoms with E-state index in [0.717, 1.165) is 0 Å². The van der Waals surface area contributed by atoms with Crippen LogP contribution in [0, 0.1) is 5.82 Å². The first kappa shape index (κ1) is 11.3. The minimum absolute atomic E-state index is 0.177. The van der Waals surface area contributed by atoms with E-state index in [1.807, 2.05) is 0 Å². The van der Waals surface area contributed by atoms with Crippen molar-refractivity contribution in [3.05, 3.63) is 48.5 Å². The molecule has 2 heterocycles. The first-order valence-electron chi connectivity index (χ1n) is 5.53. The van der Waals surface area contributed by atoms with E-state index in [1.165, 1.54) is 18.2 Å². The molecule has 3 rings (SSSR count). The highest BCUT2D eigenvalue weighted by Crippen LogP contribution is 2.27. The Hall–Kier alpha value is -2.76. The number of anilines is 1. The molecule has 0 aliphatic carbocycles. The van der Waals surface area contributed by atoms with Gasteiger partial charge in [-0.1, -0.05) is 5.16 Å². The molecule has 0 fully saturated rings. The van der Waals surface area contributed by atoms with Gasteiger partial charge < -0.3 is 10.3 Å². The van der Waals surface area contributed by atoms with Crippen molar-refractivity contribution >= 4 is 5.69 Å². The summed E-state index contributed by atoms with van der Waals surface area (Å²) in [6.45, 7) is 0. The van der Waals surface area contributed by atoms with Crippen LogP contribution in [0.4, 0.5) is 10.1 Å². The third-order valence-electron chi connectivity index (χ3n) is 2.59. The summed E-state index contributed by atoms with van der Waals surface area (Å²) in [7, 11) is 0. The fourth-order valence-electron chi connectivity index (χ4n) is 1.66. The molecular weight excluding hydrogens is 247 g/mol. The lowest BCUT2D eigenvalue weighted by Crippen LogP contribution is -1.91. The number of rotatable bonds is 2. The lowest BCUT2D eigenvalue weighted by molar-refractivity contribution is 0.432. The molecule has 2 aromatic heterocycles. The quantitative estimate of drug-likeness (QED) is 0.713. The summed E-state index contributed by atoms with van der Waals surface area (Å²) in [6.07, 6.45) is 3.26. The number of benzene rings is 1. The maximum Gasteiger partial charge on any atom is 0.260 e. The number of hydrogen-bond acceptors (Lipinski definition) is 5. The van der Waals surface area contributed by atoms with Crippen LogP contribution in [-0.2, 0) is 0 Å². The van der Waals surface area contributed by atoms with Crippen molar-refractivity contribution in [2.24, 2.45) is 0 Å². The van der Waals surface area contributed by atoms with Crippen LogP contribution in [0.25, 0.3) is 22.8 Å². The molecule has 0 saturated carbocycles. The Bertz CT molecular complexity index is 712. The molecule has 0 spiro atoms. The van der Waals surface area contributed by atoms with Gasteiger partial charge in [0, 0.05) is 23.6 Å². The van der Waals surface area contributed by atoms with E-state index in [0.29, 0.717) is 22.6 Å². The van der Waals surface area contributed by atoms with Gasteiger partial charge in [0.15, 0.2) is 0 Å². The zero-order valence-corrected chi connectivity index (χ0v) is 9.75. The lowest BCUT2D eigenvalue weighted by atomic mass is 10.2. The van der Waals surface area contributed by atoms with E-state index in [1.54, 1.807) is 24.5 Å². The summed E-state index contributed by atoms with van der Waals surface area (Å²) in [5.74, 6) is 0.146. The van der Waals surface area contributed by atoms with Crippen LogP contribution >= 0.6 is 0 Å². The van der Waals surface area contributed by atoms with Gasteiger partial charge in [0.2, 0.25) is 5.82 Å². The van der Waals surface area contributed by atoms with Gasteiger partial charge in [-0.05, 0) is 30.3 Å². The second-order valence-corrected chi connectivity index (χ2v) is 3.90. The average molecular weight is 256 g/mol. The second kappa shape index (κ2) is 4.49. The van der Waals surface area contributed by atoms with Crippen LogP contribution in [0.15, 0.2) is 47.2 Å². The fraction of sp³-hybridized carbons (Fsp3) is 0. The van der Waals surface area contributed by atoms with Crippen molar-refractivity contribution in [2.45, 2.75) is 0 Å². The van der Waals surface area contributed by atoms with Gasteiger partial charge in [-0.15, -0.1) is 0 Å². The van der Waals surface area contributed by atoms with Crippen molar-refractivity contribution in [3.63, 3.8) is 0 Å². The molecule has 0 aliphatic heterocycles. The fourth-order valence-corrected chi connectivity index (χ4v) is 1.66. The maximum absolute atomic E-state index is 13.2. The number of hydrogen-bond donors (Lipinski definition) is 1. The van der Waals surface area contributed by atoms with E-state index in [-0.39, 0.29) is 5.89 Å². The highest BCUT2D eigenvalue weighted by molar-refractivity contribution is 5.71. The van der Waals surface area contributed by atoms with Crippen molar-refractivity contribution in [2.75, 3.05) is 5.73 Å². The number of nitrogens with two attached hydrogens (primary N) is 1. The maximum atomic E-state index is 13.2. The smallest absolute Gasteiger partial charge is 0.260 e. The number of pyridine rings is 1. The Morgan fingerprint density at radius 3 is 2.89 bits per heavy atom. The molecule has 0 atom stereocenters. The van der Waals surface area contributed by atoms with Crippen LogP contribution in [0.2, 0.25) is 0 Å². The molecule has 0 amide bonds. The molecule has 2 N–H and O–H groups in total. The first-order chi connectivity index (χ1) is 9.24. The molecule has 0 bridgehead atoms. The normalized spacial score (nSPS) is 10.6. The second-order valence-electron chi connectivity index (χ2n) is 3.90. The van der Waals surface area contributed by atoms with Gasteiger partial charge >= 0.3 is 0 Å². The number of aromatic nitrogens is 3. The molecular formula is C13H9FN4O. The van der Waals surface area contributed by atoms with Gasteiger partial charge in [-0.2, -0.15) is 4.98 Å². The lowest BCUT2D eigenvalue weighted by Gasteiger charge is -1.99. The molecule has 94 valence electrons. The SMILES string of the molecule is Nc1ccc(F)cc1-c1nc(-c2cccnc2)no1. The zero-order valence-electron chi connectivity index (χ0n) is 9.75. The molecule has 1 aromatic carbocycles.